The zero-order valence-electron chi connectivity index (χ0n) is 22.8. The van der Waals surface area contributed by atoms with E-state index in [1.807, 2.05) is 0 Å². The fourth-order valence-electron chi connectivity index (χ4n) is 5.11. The smallest absolute Gasteiger partial charge is 0.330 e. The second kappa shape index (κ2) is 11.2. The number of aromatic nitrogens is 7. The van der Waals surface area contributed by atoms with Gasteiger partial charge in [0.15, 0.2) is 18.2 Å². The molecule has 1 aliphatic rings. The van der Waals surface area contributed by atoms with Crippen molar-refractivity contribution in [3.63, 3.8) is 0 Å². The molecule has 5 aromatic rings. The van der Waals surface area contributed by atoms with Crippen LogP contribution < -0.4 is 11.3 Å². The Morgan fingerprint density at radius 2 is 1.88 bits per heavy atom. The summed E-state index contributed by atoms with van der Waals surface area (Å²) in [5.41, 5.74) is 4.21. The van der Waals surface area contributed by atoms with Crippen molar-refractivity contribution in [2.45, 2.75) is 44.2 Å². The van der Waals surface area contributed by atoms with Gasteiger partial charge in [-0.05, 0) is 67.6 Å². The number of rotatable bonds is 9. The molecule has 1 aliphatic carbocycles. The van der Waals surface area contributed by atoms with Crippen LogP contribution in [0.25, 0.3) is 39.4 Å². The summed E-state index contributed by atoms with van der Waals surface area (Å²) in [6, 6.07) is 7.32. The van der Waals surface area contributed by atoms with Crippen LogP contribution in [0.4, 0.5) is 21.4 Å². The van der Waals surface area contributed by atoms with E-state index in [4.69, 9.17) is 5.73 Å². The minimum absolute atomic E-state index is 0.00342. The topological polar surface area (TPSA) is 109 Å². The molecule has 15 heteroatoms. The number of hydrogen-bond acceptors (Lipinski definition) is 7. The summed E-state index contributed by atoms with van der Waals surface area (Å²) in [5.74, 6) is -0.207. The summed E-state index contributed by atoms with van der Waals surface area (Å²) in [4.78, 5) is 22.5. The first kappa shape index (κ1) is 29.0. The molecule has 0 bridgehead atoms. The molecule has 0 amide bonds. The number of benzene rings is 1. The minimum atomic E-state index is -4.91. The molecule has 0 radical (unpaired) electrons. The molecule has 4 aromatic heterocycles. The molecule has 2 N–H and O–H groups in total. The number of halogens is 5. The standard InChI is InChI=1S/C28H25F5N8OS/c1-39-14-35-38-26(39)19-12-17(29)7-8-18(19)16-10-21(15-5-6-15)36-23(11-16)40-13-20(28(30,31)32)24-25(27(40)42)41(43-33)22(37-24)4-2-3-9-34/h7-8,10-15H,2-6,9,34H2,1H3. The van der Waals surface area contributed by atoms with E-state index in [1.165, 1.54) is 30.6 Å². The maximum atomic E-state index is 14.4. The molecule has 0 unspecified atom stereocenters. The SMILES string of the molecule is Cn1cnnc1-c1cc(F)ccc1-c1cc(C2CC2)nc(-n2cc(C(F)(F)F)c3nc(CCCCN)n(SF)c3c2=O)c1. The summed E-state index contributed by atoms with van der Waals surface area (Å²) in [6.45, 7) is 0.349. The predicted molar refractivity (Wildman–Crippen MR) is 152 cm³/mol. The van der Waals surface area contributed by atoms with Crippen LogP contribution in [0, 0.1) is 5.82 Å². The minimum Gasteiger partial charge on any atom is -0.330 e. The third-order valence-corrected chi connectivity index (χ3v) is 7.92. The average Bonchev–Trinajstić information content (AvgIpc) is 3.63. The monoisotopic (exact) mass is 616 g/mol. The summed E-state index contributed by atoms with van der Waals surface area (Å²) in [6.07, 6.45) is -0.0218. The van der Waals surface area contributed by atoms with Gasteiger partial charge in [0.05, 0.1) is 0 Å². The Bertz CT molecular complexity index is 1890. The van der Waals surface area contributed by atoms with Crippen molar-refractivity contribution in [3.8, 4) is 28.3 Å². The summed E-state index contributed by atoms with van der Waals surface area (Å²) >= 11 is -0.381. The number of unbranched alkanes of at least 4 members (excludes halogenated alkanes) is 1. The predicted octanol–water partition coefficient (Wildman–Crippen LogP) is 5.74. The number of fused-ring (bicyclic) bond motifs is 1. The highest BCUT2D eigenvalue weighted by Crippen LogP contribution is 2.42. The van der Waals surface area contributed by atoms with Gasteiger partial charge in [0.1, 0.15) is 40.4 Å². The maximum Gasteiger partial charge on any atom is 0.419 e. The first-order valence-electron chi connectivity index (χ1n) is 13.5. The van der Waals surface area contributed by atoms with Crippen LogP contribution in [0.3, 0.4) is 0 Å². The molecule has 0 atom stereocenters. The third kappa shape index (κ3) is 5.42. The quantitative estimate of drug-likeness (QED) is 0.166. The van der Waals surface area contributed by atoms with Crippen molar-refractivity contribution in [2.24, 2.45) is 12.8 Å². The maximum absolute atomic E-state index is 14.4. The Labute approximate surface area is 246 Å². The van der Waals surface area contributed by atoms with Gasteiger partial charge in [-0.25, -0.2) is 18.3 Å². The van der Waals surface area contributed by atoms with Crippen molar-refractivity contribution >= 4 is 23.4 Å². The third-order valence-electron chi connectivity index (χ3n) is 7.39. The number of aryl methyl sites for hydroxylation is 2. The molecule has 43 heavy (non-hydrogen) atoms. The second-order valence-corrected chi connectivity index (χ2v) is 10.9. The van der Waals surface area contributed by atoms with Crippen LogP contribution in [0.1, 0.15) is 48.7 Å². The van der Waals surface area contributed by atoms with Gasteiger partial charge in [0, 0.05) is 36.8 Å². The van der Waals surface area contributed by atoms with Gasteiger partial charge in [-0.1, -0.05) is 6.07 Å². The molecule has 0 saturated heterocycles. The average molecular weight is 617 g/mol. The molecular weight excluding hydrogens is 591 g/mol. The van der Waals surface area contributed by atoms with E-state index >= 15 is 0 Å². The van der Waals surface area contributed by atoms with Gasteiger partial charge >= 0.3 is 6.18 Å². The van der Waals surface area contributed by atoms with Crippen molar-refractivity contribution in [1.82, 2.24) is 33.3 Å². The van der Waals surface area contributed by atoms with Gasteiger partial charge in [-0.3, -0.25) is 9.36 Å². The fraction of sp³-hybridized carbons (Fsp3) is 0.321. The Hall–Kier alpha value is -4.11. The van der Waals surface area contributed by atoms with Crippen LogP contribution in [-0.2, 0) is 19.6 Å². The largest absolute Gasteiger partial charge is 0.419 e. The Kier molecular flexibility index (Phi) is 7.54. The number of imidazole rings is 1. The molecule has 9 nitrogen and oxygen atoms in total. The number of hydrogen-bond donors (Lipinski definition) is 1. The summed E-state index contributed by atoms with van der Waals surface area (Å²) in [5, 5.41) is 7.97. The molecule has 0 aliphatic heterocycles. The van der Waals surface area contributed by atoms with Crippen LogP contribution in [-0.4, -0.2) is 39.8 Å². The molecule has 1 fully saturated rings. The molecule has 0 spiro atoms. The first-order valence-corrected chi connectivity index (χ1v) is 14.2. The summed E-state index contributed by atoms with van der Waals surface area (Å²) < 4.78 is 75.0. The lowest BCUT2D eigenvalue weighted by Crippen LogP contribution is -2.24. The van der Waals surface area contributed by atoms with Crippen LogP contribution in [0.5, 0.6) is 0 Å². The van der Waals surface area contributed by atoms with E-state index in [-0.39, 0.29) is 36.3 Å². The fourth-order valence-corrected chi connectivity index (χ4v) is 5.56. The summed E-state index contributed by atoms with van der Waals surface area (Å²) in [7, 11) is 1.70. The van der Waals surface area contributed by atoms with Crippen molar-refractivity contribution in [3.05, 3.63) is 76.1 Å². The van der Waals surface area contributed by atoms with E-state index in [1.54, 1.807) is 17.7 Å². The number of pyridine rings is 2. The molecule has 224 valence electrons. The van der Waals surface area contributed by atoms with Crippen LogP contribution >= 0.6 is 12.3 Å². The van der Waals surface area contributed by atoms with Gasteiger partial charge < -0.3 is 10.3 Å². The Balaban J connectivity index is 1.60. The van der Waals surface area contributed by atoms with Crippen molar-refractivity contribution in [2.75, 3.05) is 6.54 Å². The van der Waals surface area contributed by atoms with Gasteiger partial charge in [-0.15, -0.1) is 14.1 Å². The van der Waals surface area contributed by atoms with Crippen LogP contribution in [0.15, 0.2) is 47.7 Å². The Morgan fingerprint density at radius 3 is 2.53 bits per heavy atom. The highest BCUT2D eigenvalue weighted by atomic mass is 32.2. The second-order valence-electron chi connectivity index (χ2n) is 10.4. The van der Waals surface area contributed by atoms with Crippen molar-refractivity contribution < 1.29 is 21.4 Å². The Morgan fingerprint density at radius 1 is 1.09 bits per heavy atom. The lowest BCUT2D eigenvalue weighted by molar-refractivity contribution is -0.136. The van der Waals surface area contributed by atoms with E-state index in [0.29, 0.717) is 53.8 Å². The zero-order chi connectivity index (χ0) is 30.5. The van der Waals surface area contributed by atoms with E-state index in [0.717, 1.165) is 21.4 Å². The van der Waals surface area contributed by atoms with E-state index in [9.17, 15) is 26.2 Å². The van der Waals surface area contributed by atoms with Crippen LogP contribution in [0.2, 0.25) is 0 Å². The normalized spacial score (nSPS) is 13.7. The number of alkyl halides is 3. The molecule has 1 aromatic carbocycles. The highest BCUT2D eigenvalue weighted by Gasteiger charge is 2.37. The van der Waals surface area contributed by atoms with Gasteiger partial charge in [0.25, 0.3) is 5.56 Å². The first-order chi connectivity index (χ1) is 20.6. The van der Waals surface area contributed by atoms with Gasteiger partial charge in [-0.2, -0.15) is 13.2 Å². The zero-order valence-corrected chi connectivity index (χ0v) is 23.6. The lowest BCUT2D eigenvalue weighted by atomic mass is 9.98. The number of nitrogens with zero attached hydrogens (tertiary/aromatic N) is 7. The van der Waals surface area contributed by atoms with E-state index in [2.05, 4.69) is 20.2 Å². The highest BCUT2D eigenvalue weighted by molar-refractivity contribution is 7.92. The molecule has 1 saturated carbocycles. The van der Waals surface area contributed by atoms with E-state index < -0.39 is 34.1 Å². The van der Waals surface area contributed by atoms with Crippen molar-refractivity contribution in [1.29, 1.82) is 0 Å². The van der Waals surface area contributed by atoms with Gasteiger partial charge in [0.2, 0.25) is 0 Å². The molecular formula is C28H25F5N8OS. The molecule has 6 rings (SSSR count). The number of nitrogens with two attached hydrogens (primary N) is 1. The molecule has 4 heterocycles. The lowest BCUT2D eigenvalue weighted by Gasteiger charge is -2.15.